The number of amides is 2. The van der Waals surface area contributed by atoms with Crippen LogP contribution in [0.2, 0.25) is 5.02 Å². The lowest BCUT2D eigenvalue weighted by atomic mass is 10.1. The molecule has 3 rings (SSSR count). The number of carbonyl (C=O) groups is 2. The summed E-state index contributed by atoms with van der Waals surface area (Å²) in [6.07, 6.45) is 2.12. The summed E-state index contributed by atoms with van der Waals surface area (Å²) < 4.78 is 29.0. The summed E-state index contributed by atoms with van der Waals surface area (Å²) >= 11 is 6.40. The van der Waals surface area contributed by atoms with Crippen molar-refractivity contribution in [3.8, 4) is 0 Å². The molecule has 0 aliphatic heterocycles. The number of unbranched alkanes of at least 4 members (excludes halogenated alkanes) is 1. The van der Waals surface area contributed by atoms with Crippen LogP contribution in [-0.4, -0.2) is 44.3 Å². The number of carbonyl (C=O) groups excluding carboxylic acids is 2. The third-order valence-electron chi connectivity index (χ3n) is 7.02. The molecule has 0 spiro atoms. The molecule has 1 atom stereocenters. The van der Waals surface area contributed by atoms with E-state index in [0.717, 1.165) is 39.4 Å². The Morgan fingerprint density at radius 1 is 0.902 bits per heavy atom. The van der Waals surface area contributed by atoms with Crippen LogP contribution in [0.3, 0.4) is 0 Å². The van der Waals surface area contributed by atoms with Gasteiger partial charge < -0.3 is 10.2 Å². The Morgan fingerprint density at radius 3 is 2.07 bits per heavy atom. The zero-order valence-electron chi connectivity index (χ0n) is 24.5. The molecule has 3 aromatic rings. The third kappa shape index (κ3) is 8.33. The summed E-state index contributed by atoms with van der Waals surface area (Å²) in [4.78, 5) is 28.9. The molecular formula is C32H40ClN3O4S. The van der Waals surface area contributed by atoms with Gasteiger partial charge in [0.2, 0.25) is 11.8 Å². The fraction of sp³-hybridized carbons (Fsp3) is 0.375. The van der Waals surface area contributed by atoms with Gasteiger partial charge >= 0.3 is 0 Å². The lowest BCUT2D eigenvalue weighted by Gasteiger charge is -2.33. The van der Waals surface area contributed by atoms with Crippen LogP contribution in [0.4, 0.5) is 5.69 Å². The summed E-state index contributed by atoms with van der Waals surface area (Å²) in [6.45, 7) is 9.72. The van der Waals surface area contributed by atoms with Gasteiger partial charge in [0.25, 0.3) is 10.0 Å². The van der Waals surface area contributed by atoms with Crippen molar-refractivity contribution in [2.45, 2.75) is 71.4 Å². The smallest absolute Gasteiger partial charge is 0.264 e. The standard InChI is InChI=1S/C32H40ClN3O4S/c1-6-8-19-34-32(38)30(7-2)35(21-26-14-9-23(3)10-15-26)31(37)22-36(27-16-13-25(5)29(33)20-27)41(39,40)28-17-11-24(4)12-18-28/h9-18,20,30H,6-8,19,21-22H2,1-5H3,(H,34,38)/t30-/m0/s1. The van der Waals surface area contributed by atoms with Crippen molar-refractivity contribution in [3.05, 3.63) is 94.0 Å². The molecule has 1 N–H and O–H groups in total. The predicted octanol–water partition coefficient (Wildman–Crippen LogP) is 6.18. The van der Waals surface area contributed by atoms with Crippen molar-refractivity contribution >= 4 is 39.1 Å². The van der Waals surface area contributed by atoms with Crippen LogP contribution >= 0.6 is 11.6 Å². The Morgan fingerprint density at radius 2 is 1.51 bits per heavy atom. The van der Waals surface area contributed by atoms with Crippen LogP contribution < -0.4 is 9.62 Å². The van der Waals surface area contributed by atoms with E-state index in [2.05, 4.69) is 5.32 Å². The van der Waals surface area contributed by atoms with E-state index in [1.54, 1.807) is 30.3 Å². The Hall–Kier alpha value is -3.36. The first-order valence-corrected chi connectivity index (χ1v) is 15.8. The fourth-order valence-corrected chi connectivity index (χ4v) is 6.00. The van der Waals surface area contributed by atoms with Gasteiger partial charge in [0.15, 0.2) is 0 Å². The quantitative estimate of drug-likeness (QED) is 0.238. The van der Waals surface area contributed by atoms with Crippen LogP contribution in [0.15, 0.2) is 71.6 Å². The molecule has 3 aromatic carbocycles. The SMILES string of the molecule is CCCCNC(=O)[C@H](CC)N(Cc1ccc(C)cc1)C(=O)CN(c1ccc(C)c(Cl)c1)S(=O)(=O)c1ccc(C)cc1. The fourth-order valence-electron chi connectivity index (χ4n) is 4.42. The highest BCUT2D eigenvalue weighted by Gasteiger charge is 2.33. The molecule has 220 valence electrons. The van der Waals surface area contributed by atoms with Crippen molar-refractivity contribution in [1.29, 1.82) is 0 Å². The van der Waals surface area contributed by atoms with E-state index in [9.17, 15) is 18.0 Å². The molecule has 0 saturated heterocycles. The van der Waals surface area contributed by atoms with Gasteiger partial charge in [-0.05, 0) is 69.0 Å². The van der Waals surface area contributed by atoms with E-state index in [1.165, 1.54) is 17.0 Å². The van der Waals surface area contributed by atoms with Crippen molar-refractivity contribution in [2.24, 2.45) is 0 Å². The molecule has 0 unspecified atom stereocenters. The predicted molar refractivity (Wildman–Crippen MR) is 166 cm³/mol. The summed E-state index contributed by atoms with van der Waals surface area (Å²) in [5.41, 5.74) is 3.88. The van der Waals surface area contributed by atoms with Crippen LogP contribution in [0.5, 0.6) is 0 Å². The van der Waals surface area contributed by atoms with Crippen molar-refractivity contribution in [3.63, 3.8) is 0 Å². The minimum Gasteiger partial charge on any atom is -0.354 e. The second-order valence-electron chi connectivity index (χ2n) is 10.3. The number of hydrogen-bond donors (Lipinski definition) is 1. The molecule has 41 heavy (non-hydrogen) atoms. The van der Waals surface area contributed by atoms with Crippen LogP contribution in [0.25, 0.3) is 0 Å². The minimum atomic E-state index is -4.15. The molecule has 0 bridgehead atoms. The number of halogens is 1. The summed E-state index contributed by atoms with van der Waals surface area (Å²) in [5.74, 6) is -0.747. The van der Waals surface area contributed by atoms with E-state index in [1.807, 2.05) is 58.9 Å². The molecular weight excluding hydrogens is 558 g/mol. The molecule has 9 heteroatoms. The van der Waals surface area contributed by atoms with Gasteiger partial charge in [-0.15, -0.1) is 0 Å². The number of benzene rings is 3. The van der Waals surface area contributed by atoms with Gasteiger partial charge in [-0.25, -0.2) is 8.42 Å². The number of nitrogens with one attached hydrogen (secondary N) is 1. The third-order valence-corrected chi connectivity index (χ3v) is 9.22. The van der Waals surface area contributed by atoms with Crippen LogP contribution in [0, 0.1) is 20.8 Å². The number of rotatable bonds is 13. The first kappa shape index (κ1) is 32.2. The zero-order valence-corrected chi connectivity index (χ0v) is 26.1. The van der Waals surface area contributed by atoms with Crippen LogP contribution in [0.1, 0.15) is 55.4 Å². The minimum absolute atomic E-state index is 0.0574. The van der Waals surface area contributed by atoms with Gasteiger partial charge in [-0.3, -0.25) is 13.9 Å². The van der Waals surface area contributed by atoms with Gasteiger partial charge in [-0.1, -0.05) is 85.5 Å². The molecule has 0 heterocycles. The number of sulfonamides is 1. The maximum absolute atomic E-state index is 14.1. The molecule has 0 aliphatic rings. The summed E-state index contributed by atoms with van der Waals surface area (Å²) in [6, 6.07) is 18.3. The molecule has 2 amide bonds. The molecule has 0 saturated carbocycles. The molecule has 7 nitrogen and oxygen atoms in total. The highest BCUT2D eigenvalue weighted by molar-refractivity contribution is 7.92. The van der Waals surface area contributed by atoms with E-state index in [-0.39, 0.29) is 23.0 Å². The van der Waals surface area contributed by atoms with Crippen molar-refractivity contribution in [2.75, 3.05) is 17.4 Å². The van der Waals surface area contributed by atoms with E-state index < -0.39 is 28.5 Å². The largest absolute Gasteiger partial charge is 0.354 e. The monoisotopic (exact) mass is 597 g/mol. The lowest BCUT2D eigenvalue weighted by molar-refractivity contribution is -0.140. The number of aryl methyl sites for hydroxylation is 3. The highest BCUT2D eigenvalue weighted by Crippen LogP contribution is 2.29. The second-order valence-corrected chi connectivity index (χ2v) is 12.6. The van der Waals surface area contributed by atoms with Gasteiger partial charge in [-0.2, -0.15) is 0 Å². The average Bonchev–Trinajstić information content (AvgIpc) is 2.94. The van der Waals surface area contributed by atoms with Crippen LogP contribution in [-0.2, 0) is 26.2 Å². The summed E-state index contributed by atoms with van der Waals surface area (Å²) in [7, 11) is -4.15. The topological polar surface area (TPSA) is 86.8 Å². The van der Waals surface area contributed by atoms with Gasteiger partial charge in [0.1, 0.15) is 12.6 Å². The maximum atomic E-state index is 14.1. The van der Waals surface area contributed by atoms with Gasteiger partial charge in [0.05, 0.1) is 10.6 Å². The molecule has 0 radical (unpaired) electrons. The van der Waals surface area contributed by atoms with E-state index in [4.69, 9.17) is 11.6 Å². The second kappa shape index (κ2) is 14.5. The maximum Gasteiger partial charge on any atom is 0.264 e. The normalized spacial score (nSPS) is 12.0. The first-order chi connectivity index (χ1) is 19.5. The first-order valence-electron chi connectivity index (χ1n) is 14.0. The molecule has 0 fully saturated rings. The Kier molecular flexibility index (Phi) is 11.4. The Bertz CT molecular complexity index is 1440. The van der Waals surface area contributed by atoms with E-state index in [0.29, 0.717) is 18.0 Å². The Balaban J connectivity index is 2.05. The average molecular weight is 598 g/mol. The Labute approximate surface area is 249 Å². The van der Waals surface area contributed by atoms with E-state index >= 15 is 0 Å². The number of anilines is 1. The summed E-state index contributed by atoms with van der Waals surface area (Å²) in [5, 5.41) is 3.33. The zero-order chi connectivity index (χ0) is 30.2. The van der Waals surface area contributed by atoms with Gasteiger partial charge in [0, 0.05) is 18.1 Å². The lowest BCUT2D eigenvalue weighted by Crippen LogP contribution is -2.52. The van der Waals surface area contributed by atoms with Crippen molar-refractivity contribution < 1.29 is 18.0 Å². The number of hydrogen-bond acceptors (Lipinski definition) is 4. The highest BCUT2D eigenvalue weighted by atomic mass is 35.5. The molecule has 0 aliphatic carbocycles. The van der Waals surface area contributed by atoms with Crippen molar-refractivity contribution in [1.82, 2.24) is 10.2 Å². The molecule has 0 aromatic heterocycles. The number of nitrogens with zero attached hydrogens (tertiary/aromatic N) is 2.